The smallest absolute Gasteiger partial charge is 0.0589 e. The highest BCUT2D eigenvalue weighted by atomic mass is 32.1. The molecule has 0 spiro atoms. The van der Waals surface area contributed by atoms with Crippen molar-refractivity contribution in [2.75, 3.05) is 27.3 Å². The second kappa shape index (κ2) is 5.37. The molecule has 1 heterocycles. The first-order chi connectivity index (χ1) is 6.24. The molecule has 1 rings (SSSR count). The molecule has 0 aromatic carbocycles. The van der Waals surface area contributed by atoms with Crippen LogP contribution >= 0.6 is 11.3 Å². The summed E-state index contributed by atoms with van der Waals surface area (Å²) in [7, 11) is 3.86. The van der Waals surface area contributed by atoms with E-state index in [-0.39, 0.29) is 0 Å². The molecular weight excluding hydrogens is 182 g/mol. The van der Waals surface area contributed by atoms with Crippen LogP contribution in [0.4, 0.5) is 0 Å². The number of ether oxygens (including phenoxy) is 1. The molecule has 1 aromatic rings. The average Bonchev–Trinajstić information content (AvgIpc) is 2.48. The van der Waals surface area contributed by atoms with Gasteiger partial charge in [0, 0.05) is 25.1 Å². The molecule has 0 fully saturated rings. The molecule has 2 nitrogen and oxygen atoms in total. The molecule has 0 N–H and O–H groups in total. The Hall–Kier alpha value is -0.380. The van der Waals surface area contributed by atoms with E-state index in [4.69, 9.17) is 4.74 Å². The van der Waals surface area contributed by atoms with Crippen LogP contribution in [0.3, 0.4) is 0 Å². The van der Waals surface area contributed by atoms with Gasteiger partial charge in [-0.05, 0) is 31.0 Å². The van der Waals surface area contributed by atoms with E-state index in [2.05, 4.69) is 30.3 Å². The number of rotatable bonds is 5. The van der Waals surface area contributed by atoms with E-state index in [1.165, 1.54) is 10.4 Å². The number of thiophene rings is 1. The normalized spacial score (nSPS) is 11.1. The van der Waals surface area contributed by atoms with E-state index in [0.717, 1.165) is 19.7 Å². The lowest BCUT2D eigenvalue weighted by atomic mass is 10.3. The lowest BCUT2D eigenvalue weighted by Crippen LogP contribution is -2.22. The second-order valence-corrected chi connectivity index (χ2v) is 4.26. The third-order valence-corrected chi connectivity index (χ3v) is 3.07. The minimum absolute atomic E-state index is 0.806. The van der Waals surface area contributed by atoms with Crippen LogP contribution in [0, 0.1) is 6.92 Å². The maximum Gasteiger partial charge on any atom is 0.0589 e. The van der Waals surface area contributed by atoms with E-state index in [1.807, 2.05) is 11.3 Å². The molecule has 0 unspecified atom stereocenters. The fraction of sp³-hybridized carbons (Fsp3) is 0.600. The average molecular weight is 199 g/mol. The third kappa shape index (κ3) is 3.46. The summed E-state index contributed by atoms with van der Waals surface area (Å²) in [5.41, 5.74) is 1.40. The summed E-state index contributed by atoms with van der Waals surface area (Å²) in [4.78, 5) is 3.74. The zero-order valence-corrected chi connectivity index (χ0v) is 9.36. The number of likely N-dealkylation sites (N-methyl/N-ethyl adjacent to an activating group) is 1. The predicted molar refractivity (Wildman–Crippen MR) is 57.3 cm³/mol. The third-order valence-electron chi connectivity index (χ3n) is 2.06. The fourth-order valence-corrected chi connectivity index (χ4v) is 2.12. The van der Waals surface area contributed by atoms with Crippen LogP contribution in [0.2, 0.25) is 0 Å². The van der Waals surface area contributed by atoms with Gasteiger partial charge in [-0.3, -0.25) is 4.90 Å². The van der Waals surface area contributed by atoms with Crippen molar-refractivity contribution in [1.29, 1.82) is 0 Å². The van der Waals surface area contributed by atoms with E-state index in [1.54, 1.807) is 7.11 Å². The van der Waals surface area contributed by atoms with E-state index in [9.17, 15) is 0 Å². The van der Waals surface area contributed by atoms with Gasteiger partial charge in [0.05, 0.1) is 6.61 Å². The lowest BCUT2D eigenvalue weighted by molar-refractivity contribution is 0.159. The van der Waals surface area contributed by atoms with Crippen molar-refractivity contribution in [3.8, 4) is 0 Å². The molecule has 0 aliphatic carbocycles. The maximum atomic E-state index is 5.02. The molecule has 0 amide bonds. The first kappa shape index (κ1) is 10.7. The van der Waals surface area contributed by atoms with E-state index in [0.29, 0.717) is 0 Å². The van der Waals surface area contributed by atoms with Gasteiger partial charge in [-0.15, -0.1) is 11.3 Å². The van der Waals surface area contributed by atoms with Crippen LogP contribution in [0.15, 0.2) is 11.4 Å². The Balaban J connectivity index is 2.36. The summed E-state index contributed by atoms with van der Waals surface area (Å²) in [5.74, 6) is 0. The van der Waals surface area contributed by atoms with Crippen molar-refractivity contribution in [3.63, 3.8) is 0 Å². The van der Waals surface area contributed by atoms with Gasteiger partial charge >= 0.3 is 0 Å². The van der Waals surface area contributed by atoms with Crippen LogP contribution in [0.1, 0.15) is 10.4 Å². The number of hydrogen-bond acceptors (Lipinski definition) is 3. The Bertz CT molecular complexity index is 247. The van der Waals surface area contributed by atoms with Crippen molar-refractivity contribution >= 4 is 11.3 Å². The van der Waals surface area contributed by atoms with Gasteiger partial charge in [0.15, 0.2) is 0 Å². The summed E-state index contributed by atoms with van der Waals surface area (Å²) in [6.45, 7) is 5.00. The summed E-state index contributed by atoms with van der Waals surface area (Å²) in [6, 6.07) is 2.17. The summed E-state index contributed by atoms with van der Waals surface area (Å²) >= 11 is 1.83. The molecule has 0 bridgehead atoms. The van der Waals surface area contributed by atoms with Gasteiger partial charge in [0.25, 0.3) is 0 Å². The first-order valence-corrected chi connectivity index (χ1v) is 5.32. The quantitative estimate of drug-likeness (QED) is 0.720. The number of methoxy groups -OCH3 is 1. The molecular formula is C10H17NOS. The highest BCUT2D eigenvalue weighted by Gasteiger charge is 2.03. The summed E-state index contributed by atoms with van der Waals surface area (Å²) < 4.78 is 5.02. The minimum Gasteiger partial charge on any atom is -0.383 e. The van der Waals surface area contributed by atoms with E-state index >= 15 is 0 Å². The predicted octanol–water partition coefficient (Wildman–Crippen LogP) is 2.13. The standard InChI is InChI=1S/C10H17NOS/c1-9-4-7-13-10(9)8-11(2)5-6-12-3/h4,7H,5-6,8H2,1-3H3. The van der Waals surface area contributed by atoms with Crippen LogP contribution < -0.4 is 0 Å². The van der Waals surface area contributed by atoms with E-state index < -0.39 is 0 Å². The topological polar surface area (TPSA) is 12.5 Å². The SMILES string of the molecule is COCCN(C)Cc1sccc1C. The molecule has 0 atom stereocenters. The fourth-order valence-electron chi connectivity index (χ4n) is 1.14. The highest BCUT2D eigenvalue weighted by molar-refractivity contribution is 7.10. The van der Waals surface area contributed by atoms with Gasteiger partial charge in [-0.25, -0.2) is 0 Å². The molecule has 0 saturated heterocycles. The molecule has 13 heavy (non-hydrogen) atoms. The van der Waals surface area contributed by atoms with Crippen LogP contribution in [0.5, 0.6) is 0 Å². The van der Waals surface area contributed by atoms with Crippen LogP contribution in [-0.2, 0) is 11.3 Å². The summed E-state index contributed by atoms with van der Waals surface area (Å²) in [6.07, 6.45) is 0. The molecule has 3 heteroatoms. The van der Waals surface area contributed by atoms with Gasteiger partial charge in [0.1, 0.15) is 0 Å². The largest absolute Gasteiger partial charge is 0.383 e. The molecule has 0 aliphatic heterocycles. The minimum atomic E-state index is 0.806. The Morgan fingerprint density at radius 2 is 2.31 bits per heavy atom. The molecule has 0 aliphatic rings. The van der Waals surface area contributed by atoms with Gasteiger partial charge in [0.2, 0.25) is 0 Å². The van der Waals surface area contributed by atoms with Crippen molar-refractivity contribution in [2.45, 2.75) is 13.5 Å². The first-order valence-electron chi connectivity index (χ1n) is 4.44. The Morgan fingerprint density at radius 3 is 2.85 bits per heavy atom. The van der Waals surface area contributed by atoms with Crippen molar-refractivity contribution in [1.82, 2.24) is 4.90 Å². The van der Waals surface area contributed by atoms with Crippen molar-refractivity contribution in [3.05, 3.63) is 21.9 Å². The van der Waals surface area contributed by atoms with Gasteiger partial charge in [-0.2, -0.15) is 0 Å². The zero-order valence-electron chi connectivity index (χ0n) is 8.54. The highest BCUT2D eigenvalue weighted by Crippen LogP contribution is 2.16. The summed E-state index contributed by atoms with van der Waals surface area (Å²) in [5, 5.41) is 2.15. The molecule has 0 radical (unpaired) electrons. The zero-order chi connectivity index (χ0) is 9.68. The Labute approximate surface area is 84.1 Å². The lowest BCUT2D eigenvalue weighted by Gasteiger charge is -2.15. The van der Waals surface area contributed by atoms with Crippen LogP contribution in [-0.4, -0.2) is 32.2 Å². The number of hydrogen-bond donors (Lipinski definition) is 0. The Kier molecular flexibility index (Phi) is 4.42. The molecule has 1 aromatic heterocycles. The Morgan fingerprint density at radius 1 is 1.54 bits per heavy atom. The van der Waals surface area contributed by atoms with Gasteiger partial charge in [-0.1, -0.05) is 0 Å². The maximum absolute atomic E-state index is 5.02. The second-order valence-electron chi connectivity index (χ2n) is 3.26. The van der Waals surface area contributed by atoms with Gasteiger partial charge < -0.3 is 4.74 Å². The monoisotopic (exact) mass is 199 g/mol. The van der Waals surface area contributed by atoms with Crippen LogP contribution in [0.25, 0.3) is 0 Å². The number of nitrogens with zero attached hydrogens (tertiary/aromatic N) is 1. The van der Waals surface area contributed by atoms with Crippen molar-refractivity contribution in [2.24, 2.45) is 0 Å². The molecule has 74 valence electrons. The number of aryl methyl sites for hydroxylation is 1. The molecule has 0 saturated carbocycles. The van der Waals surface area contributed by atoms with Crippen molar-refractivity contribution < 1.29 is 4.74 Å².